The highest BCUT2D eigenvalue weighted by Gasteiger charge is 2.16. The SMILES string of the molecule is COc1cc(-c2csc(NC(=O)Nc3ccc(F)c(Cl)c3)n2)cc(OC)c1OC. The van der Waals surface area contributed by atoms with Crippen LogP contribution in [0.4, 0.5) is 20.0 Å². The van der Waals surface area contributed by atoms with Crippen molar-refractivity contribution in [3.8, 4) is 28.5 Å². The van der Waals surface area contributed by atoms with Crippen molar-refractivity contribution >= 4 is 39.8 Å². The quantitative estimate of drug-likeness (QED) is 0.548. The van der Waals surface area contributed by atoms with Crippen LogP contribution in [0.5, 0.6) is 17.2 Å². The Hall–Kier alpha value is -3.04. The van der Waals surface area contributed by atoms with Gasteiger partial charge in [0.05, 0.1) is 32.0 Å². The molecule has 7 nitrogen and oxygen atoms in total. The number of hydrogen-bond acceptors (Lipinski definition) is 6. The van der Waals surface area contributed by atoms with E-state index in [9.17, 15) is 9.18 Å². The molecule has 0 aliphatic rings. The Balaban J connectivity index is 1.76. The molecule has 10 heteroatoms. The number of methoxy groups -OCH3 is 3. The highest BCUT2D eigenvalue weighted by Crippen LogP contribution is 2.41. The first-order valence-electron chi connectivity index (χ1n) is 8.24. The summed E-state index contributed by atoms with van der Waals surface area (Å²) < 4.78 is 29.2. The van der Waals surface area contributed by atoms with Gasteiger partial charge >= 0.3 is 6.03 Å². The van der Waals surface area contributed by atoms with Gasteiger partial charge in [0.25, 0.3) is 0 Å². The Kier molecular flexibility index (Phi) is 6.40. The van der Waals surface area contributed by atoms with E-state index >= 15 is 0 Å². The standard InChI is InChI=1S/C19H17ClFN3O4S/c1-26-15-6-10(7-16(27-2)17(15)28-3)14-9-29-19(23-14)24-18(25)22-11-4-5-13(21)12(20)8-11/h4-9H,1-3H3,(H2,22,23,24,25). The van der Waals surface area contributed by atoms with Crippen LogP contribution in [0.1, 0.15) is 0 Å². The number of amides is 2. The van der Waals surface area contributed by atoms with Crippen molar-refractivity contribution in [2.24, 2.45) is 0 Å². The van der Waals surface area contributed by atoms with Gasteiger partial charge in [0.2, 0.25) is 5.75 Å². The second-order valence-electron chi connectivity index (χ2n) is 5.66. The van der Waals surface area contributed by atoms with Crippen molar-refractivity contribution in [3.05, 3.63) is 46.6 Å². The molecular weight excluding hydrogens is 421 g/mol. The van der Waals surface area contributed by atoms with E-state index < -0.39 is 11.8 Å². The number of hydrogen-bond donors (Lipinski definition) is 2. The third-order valence-electron chi connectivity index (χ3n) is 3.86. The second kappa shape index (κ2) is 8.97. The van der Waals surface area contributed by atoms with E-state index in [0.717, 1.165) is 5.56 Å². The molecule has 0 bridgehead atoms. The van der Waals surface area contributed by atoms with E-state index in [4.69, 9.17) is 25.8 Å². The van der Waals surface area contributed by atoms with E-state index in [0.29, 0.717) is 33.8 Å². The summed E-state index contributed by atoms with van der Waals surface area (Å²) >= 11 is 6.96. The molecule has 0 saturated heterocycles. The molecule has 1 aromatic heterocycles. The number of halogens is 2. The van der Waals surface area contributed by atoms with Gasteiger partial charge in [0, 0.05) is 16.6 Å². The maximum absolute atomic E-state index is 13.2. The molecule has 0 saturated carbocycles. The minimum absolute atomic E-state index is 0.0817. The number of benzene rings is 2. The molecular formula is C19H17ClFN3O4S. The van der Waals surface area contributed by atoms with Crippen molar-refractivity contribution in [3.63, 3.8) is 0 Å². The van der Waals surface area contributed by atoms with Crippen LogP contribution in [0, 0.1) is 5.82 Å². The van der Waals surface area contributed by atoms with Gasteiger partial charge < -0.3 is 19.5 Å². The number of anilines is 2. The Morgan fingerprint density at radius 3 is 2.34 bits per heavy atom. The Labute approximate surface area is 175 Å². The molecule has 0 fully saturated rings. The first-order chi connectivity index (χ1) is 13.9. The van der Waals surface area contributed by atoms with E-state index in [1.165, 1.54) is 50.9 Å². The van der Waals surface area contributed by atoms with Crippen LogP contribution in [0.3, 0.4) is 0 Å². The molecule has 2 amide bonds. The fourth-order valence-electron chi connectivity index (χ4n) is 2.53. The van der Waals surface area contributed by atoms with Gasteiger partial charge in [-0.25, -0.2) is 14.2 Å². The molecule has 0 aliphatic heterocycles. The predicted molar refractivity (Wildman–Crippen MR) is 111 cm³/mol. The normalized spacial score (nSPS) is 10.4. The summed E-state index contributed by atoms with van der Waals surface area (Å²) in [5.74, 6) is 0.905. The fourth-order valence-corrected chi connectivity index (χ4v) is 3.42. The lowest BCUT2D eigenvalue weighted by atomic mass is 10.1. The van der Waals surface area contributed by atoms with Crippen molar-refractivity contribution in [2.75, 3.05) is 32.0 Å². The van der Waals surface area contributed by atoms with Gasteiger partial charge in [-0.3, -0.25) is 5.32 Å². The van der Waals surface area contributed by atoms with Crippen LogP contribution in [-0.4, -0.2) is 32.3 Å². The molecule has 0 spiro atoms. The third-order valence-corrected chi connectivity index (χ3v) is 4.91. The van der Waals surface area contributed by atoms with E-state index in [-0.39, 0.29) is 5.02 Å². The Bertz CT molecular complexity index is 1020. The number of urea groups is 1. The lowest BCUT2D eigenvalue weighted by molar-refractivity contribution is 0.262. The molecule has 0 radical (unpaired) electrons. The van der Waals surface area contributed by atoms with Gasteiger partial charge in [0.1, 0.15) is 5.82 Å². The maximum atomic E-state index is 13.2. The van der Waals surface area contributed by atoms with Gasteiger partial charge in [-0.15, -0.1) is 11.3 Å². The van der Waals surface area contributed by atoms with Crippen molar-refractivity contribution in [2.45, 2.75) is 0 Å². The largest absolute Gasteiger partial charge is 0.493 e. The van der Waals surface area contributed by atoms with Crippen LogP contribution in [0.2, 0.25) is 5.02 Å². The zero-order valence-corrected chi connectivity index (χ0v) is 17.3. The lowest BCUT2D eigenvalue weighted by Crippen LogP contribution is -2.19. The van der Waals surface area contributed by atoms with E-state index in [1.54, 1.807) is 17.5 Å². The molecule has 1 heterocycles. The monoisotopic (exact) mass is 437 g/mol. The molecule has 2 N–H and O–H groups in total. The van der Waals surface area contributed by atoms with Crippen molar-refractivity contribution in [1.82, 2.24) is 4.98 Å². The first-order valence-corrected chi connectivity index (χ1v) is 9.50. The minimum Gasteiger partial charge on any atom is -0.493 e. The van der Waals surface area contributed by atoms with Gasteiger partial charge in [-0.2, -0.15) is 0 Å². The Morgan fingerprint density at radius 1 is 1.07 bits per heavy atom. The first kappa shape index (κ1) is 20.7. The Morgan fingerprint density at radius 2 is 1.76 bits per heavy atom. The number of nitrogens with one attached hydrogen (secondary N) is 2. The predicted octanol–water partition coefficient (Wildman–Crippen LogP) is 5.27. The molecule has 29 heavy (non-hydrogen) atoms. The summed E-state index contributed by atoms with van der Waals surface area (Å²) in [7, 11) is 4.58. The summed E-state index contributed by atoms with van der Waals surface area (Å²) in [6, 6.07) is 6.90. The molecule has 0 atom stereocenters. The summed E-state index contributed by atoms with van der Waals surface area (Å²) in [5, 5.41) is 7.27. The van der Waals surface area contributed by atoms with Gasteiger partial charge in [-0.05, 0) is 30.3 Å². The topological polar surface area (TPSA) is 81.7 Å². The zero-order chi connectivity index (χ0) is 21.0. The van der Waals surface area contributed by atoms with E-state index in [1.807, 2.05) is 0 Å². The summed E-state index contributed by atoms with van der Waals surface area (Å²) in [5.41, 5.74) is 1.71. The van der Waals surface area contributed by atoms with Gasteiger partial charge in [0.15, 0.2) is 16.6 Å². The van der Waals surface area contributed by atoms with Crippen LogP contribution >= 0.6 is 22.9 Å². The van der Waals surface area contributed by atoms with Crippen LogP contribution in [0.25, 0.3) is 11.3 Å². The molecule has 3 aromatic rings. The smallest absolute Gasteiger partial charge is 0.325 e. The third kappa shape index (κ3) is 4.69. The van der Waals surface area contributed by atoms with Crippen LogP contribution < -0.4 is 24.8 Å². The maximum Gasteiger partial charge on any atom is 0.325 e. The summed E-state index contributed by atoms with van der Waals surface area (Å²) in [4.78, 5) is 16.6. The molecule has 3 rings (SSSR count). The van der Waals surface area contributed by atoms with Crippen LogP contribution in [0.15, 0.2) is 35.7 Å². The number of carbonyl (C=O) groups excluding carboxylic acids is 1. The minimum atomic E-state index is -0.562. The average molecular weight is 438 g/mol. The van der Waals surface area contributed by atoms with E-state index in [2.05, 4.69) is 15.6 Å². The van der Waals surface area contributed by atoms with Crippen molar-refractivity contribution < 1.29 is 23.4 Å². The summed E-state index contributed by atoms with van der Waals surface area (Å²) in [6.45, 7) is 0. The molecule has 0 aliphatic carbocycles. The summed E-state index contributed by atoms with van der Waals surface area (Å²) in [6.07, 6.45) is 0. The lowest BCUT2D eigenvalue weighted by Gasteiger charge is -2.13. The number of aromatic nitrogens is 1. The number of nitrogens with zero attached hydrogens (tertiary/aromatic N) is 1. The zero-order valence-electron chi connectivity index (χ0n) is 15.7. The number of carbonyl (C=O) groups is 1. The average Bonchev–Trinajstić information content (AvgIpc) is 3.17. The molecule has 2 aromatic carbocycles. The number of rotatable bonds is 6. The highest BCUT2D eigenvalue weighted by atomic mass is 35.5. The number of ether oxygens (including phenoxy) is 3. The molecule has 0 unspecified atom stereocenters. The highest BCUT2D eigenvalue weighted by molar-refractivity contribution is 7.14. The molecule has 152 valence electrons. The van der Waals surface area contributed by atoms with Crippen LogP contribution in [-0.2, 0) is 0 Å². The van der Waals surface area contributed by atoms with Crippen molar-refractivity contribution in [1.29, 1.82) is 0 Å². The number of thiazole rings is 1. The van der Waals surface area contributed by atoms with Gasteiger partial charge in [-0.1, -0.05) is 11.6 Å². The fraction of sp³-hybridized carbons (Fsp3) is 0.158. The second-order valence-corrected chi connectivity index (χ2v) is 6.93.